The summed E-state index contributed by atoms with van der Waals surface area (Å²) in [6.45, 7) is 1.00. The molecular weight excluding hydrogens is 415 g/mol. The van der Waals surface area contributed by atoms with Crippen molar-refractivity contribution in [3.63, 3.8) is 0 Å². The molecule has 10 heteroatoms. The van der Waals surface area contributed by atoms with Gasteiger partial charge in [0.1, 0.15) is 16.2 Å². The molecule has 0 amide bonds. The highest BCUT2D eigenvalue weighted by atomic mass is 32.2. The summed E-state index contributed by atoms with van der Waals surface area (Å²) in [7, 11) is -4.36. The largest absolute Gasteiger partial charge is 0.573 e. The van der Waals surface area contributed by atoms with Gasteiger partial charge in [-0.1, -0.05) is 30.3 Å². The fraction of sp³-hybridized carbons (Fsp3) is 0.222. The van der Waals surface area contributed by atoms with Crippen LogP contribution in [0.3, 0.4) is 0 Å². The zero-order chi connectivity index (χ0) is 20.6. The number of hydrogen-bond acceptors (Lipinski definition) is 5. The van der Waals surface area contributed by atoms with E-state index in [-0.39, 0.29) is 0 Å². The molecule has 0 radical (unpaired) electrons. The third-order valence-electron chi connectivity index (χ3n) is 3.93. The van der Waals surface area contributed by atoms with Gasteiger partial charge in [-0.25, -0.2) is 13.1 Å². The average molecular weight is 431 g/mol. The quantitative estimate of drug-likeness (QED) is 0.619. The molecule has 0 aliphatic carbocycles. The van der Waals surface area contributed by atoms with E-state index < -0.39 is 39.2 Å². The second-order valence-electron chi connectivity index (χ2n) is 6.24. The minimum absolute atomic E-state index is 0.428. The molecule has 1 aromatic heterocycles. The molecule has 0 spiro atoms. The third kappa shape index (κ3) is 4.64. The lowest BCUT2D eigenvalue weighted by Gasteiger charge is -2.22. The van der Waals surface area contributed by atoms with Crippen molar-refractivity contribution >= 4 is 31.4 Å². The van der Waals surface area contributed by atoms with Gasteiger partial charge in [-0.3, -0.25) is 0 Å². The van der Waals surface area contributed by atoms with Gasteiger partial charge in [-0.05, 0) is 36.6 Å². The fourth-order valence-electron chi connectivity index (χ4n) is 2.53. The Morgan fingerprint density at radius 2 is 1.75 bits per heavy atom. The number of benzene rings is 2. The van der Waals surface area contributed by atoms with E-state index in [1.165, 1.54) is 30.4 Å². The number of halogens is 3. The minimum atomic E-state index is -5.03. The van der Waals surface area contributed by atoms with Gasteiger partial charge in [0, 0.05) is 16.1 Å². The smallest absolute Gasteiger partial charge is 0.404 e. The van der Waals surface area contributed by atoms with E-state index in [1.807, 2.05) is 24.3 Å². The first kappa shape index (κ1) is 20.6. The Bertz CT molecular complexity index is 1060. The standard InChI is InChI=1S/C18H16F3NO4S2/c1-17(23,16-10-12-6-2-4-8-14(12)27-16)11-22-28(24,25)15-9-5-3-7-13(15)26-18(19,20)21/h2-10,22-23H,11H2,1H3. The lowest BCUT2D eigenvalue weighted by atomic mass is 10.1. The van der Waals surface area contributed by atoms with Crippen molar-refractivity contribution in [2.75, 3.05) is 6.54 Å². The molecular formula is C18H16F3NO4S2. The Hall–Kier alpha value is -2.14. The molecule has 2 aromatic carbocycles. The lowest BCUT2D eigenvalue weighted by molar-refractivity contribution is -0.275. The van der Waals surface area contributed by atoms with Crippen molar-refractivity contribution in [1.82, 2.24) is 4.72 Å². The van der Waals surface area contributed by atoms with Crippen molar-refractivity contribution in [3.05, 3.63) is 59.5 Å². The van der Waals surface area contributed by atoms with E-state index in [0.717, 1.165) is 22.2 Å². The van der Waals surface area contributed by atoms with E-state index in [2.05, 4.69) is 9.46 Å². The van der Waals surface area contributed by atoms with Crippen LogP contribution in [-0.2, 0) is 15.6 Å². The van der Waals surface area contributed by atoms with Crippen LogP contribution in [0.1, 0.15) is 11.8 Å². The summed E-state index contributed by atoms with van der Waals surface area (Å²) in [6.07, 6.45) is -5.03. The van der Waals surface area contributed by atoms with Gasteiger partial charge in [0.05, 0.1) is 0 Å². The maximum atomic E-state index is 12.5. The van der Waals surface area contributed by atoms with Crippen LogP contribution >= 0.6 is 11.3 Å². The molecule has 0 saturated heterocycles. The Morgan fingerprint density at radius 1 is 1.11 bits per heavy atom. The maximum absolute atomic E-state index is 12.5. The number of nitrogens with one attached hydrogen (secondary N) is 1. The van der Waals surface area contributed by atoms with Crippen LogP contribution in [0.5, 0.6) is 5.75 Å². The van der Waals surface area contributed by atoms with Crippen LogP contribution in [0.15, 0.2) is 59.5 Å². The summed E-state index contributed by atoms with van der Waals surface area (Å²) in [5.74, 6) is -0.844. The Balaban J connectivity index is 1.83. The van der Waals surface area contributed by atoms with Crippen molar-refractivity contribution in [2.45, 2.75) is 23.8 Å². The molecule has 1 atom stereocenters. The first-order valence-corrected chi connectivity index (χ1v) is 10.3. The first-order chi connectivity index (χ1) is 13.0. The van der Waals surface area contributed by atoms with Crippen LogP contribution in [-0.4, -0.2) is 26.4 Å². The normalized spacial score (nSPS) is 14.8. The van der Waals surface area contributed by atoms with Crippen LogP contribution in [0.25, 0.3) is 10.1 Å². The van der Waals surface area contributed by atoms with Gasteiger partial charge in [-0.2, -0.15) is 0 Å². The highest BCUT2D eigenvalue weighted by molar-refractivity contribution is 7.89. The number of para-hydroxylation sites is 1. The van der Waals surface area contributed by atoms with Crippen molar-refractivity contribution in [2.24, 2.45) is 0 Å². The van der Waals surface area contributed by atoms with Crippen molar-refractivity contribution in [3.8, 4) is 5.75 Å². The van der Waals surface area contributed by atoms with E-state index in [9.17, 15) is 26.7 Å². The molecule has 28 heavy (non-hydrogen) atoms. The van der Waals surface area contributed by atoms with E-state index in [4.69, 9.17) is 0 Å². The van der Waals surface area contributed by atoms with Crippen molar-refractivity contribution in [1.29, 1.82) is 0 Å². The predicted molar refractivity (Wildman–Crippen MR) is 99.7 cm³/mol. The highest BCUT2D eigenvalue weighted by Gasteiger charge is 2.35. The third-order valence-corrected chi connectivity index (χ3v) is 6.74. The summed E-state index contributed by atoms with van der Waals surface area (Å²) in [6, 6.07) is 13.6. The number of alkyl halides is 3. The molecule has 0 fully saturated rings. The molecule has 3 rings (SSSR count). The molecule has 3 aromatic rings. The van der Waals surface area contributed by atoms with Gasteiger partial charge in [-0.15, -0.1) is 24.5 Å². The van der Waals surface area contributed by atoms with Gasteiger partial charge in [0.15, 0.2) is 0 Å². The average Bonchev–Trinajstić information content (AvgIpc) is 3.04. The summed E-state index contributed by atoms with van der Waals surface area (Å²) in [5.41, 5.74) is -1.56. The first-order valence-electron chi connectivity index (χ1n) is 8.04. The molecule has 0 aliphatic rings. The molecule has 0 saturated carbocycles. The fourth-order valence-corrected chi connectivity index (χ4v) is 4.89. The summed E-state index contributed by atoms with van der Waals surface area (Å²) in [4.78, 5) is -0.143. The van der Waals surface area contributed by atoms with Gasteiger partial charge < -0.3 is 9.84 Å². The van der Waals surface area contributed by atoms with E-state index in [1.54, 1.807) is 6.07 Å². The second kappa shape index (κ2) is 7.36. The van der Waals surface area contributed by atoms with Crippen LogP contribution in [0.2, 0.25) is 0 Å². The zero-order valence-corrected chi connectivity index (χ0v) is 16.2. The summed E-state index contributed by atoms with van der Waals surface area (Å²) >= 11 is 1.30. The number of thiophene rings is 1. The molecule has 0 bridgehead atoms. The molecule has 0 aliphatic heterocycles. The molecule has 1 unspecified atom stereocenters. The Kier molecular flexibility index (Phi) is 5.41. The van der Waals surface area contributed by atoms with Gasteiger partial charge in [0.2, 0.25) is 10.0 Å². The zero-order valence-electron chi connectivity index (χ0n) is 14.5. The number of sulfonamides is 1. The van der Waals surface area contributed by atoms with E-state index >= 15 is 0 Å². The second-order valence-corrected chi connectivity index (χ2v) is 9.06. The minimum Gasteiger partial charge on any atom is -0.404 e. The van der Waals surface area contributed by atoms with Crippen LogP contribution in [0, 0.1) is 0 Å². The lowest BCUT2D eigenvalue weighted by Crippen LogP contribution is -2.38. The molecule has 5 nitrogen and oxygen atoms in total. The number of ether oxygens (including phenoxy) is 1. The van der Waals surface area contributed by atoms with Gasteiger partial charge in [0.25, 0.3) is 0 Å². The molecule has 2 N–H and O–H groups in total. The monoisotopic (exact) mass is 431 g/mol. The summed E-state index contributed by atoms with van der Waals surface area (Å²) in [5, 5.41) is 11.6. The topological polar surface area (TPSA) is 75.6 Å². The molecule has 150 valence electrons. The SMILES string of the molecule is CC(O)(CNS(=O)(=O)c1ccccc1OC(F)(F)F)c1cc2ccccc2s1. The summed E-state index contributed by atoms with van der Waals surface area (Å²) < 4.78 is 69.5. The number of hydrogen-bond donors (Lipinski definition) is 2. The number of rotatable bonds is 6. The van der Waals surface area contributed by atoms with Crippen LogP contribution in [0.4, 0.5) is 13.2 Å². The number of fused-ring (bicyclic) bond motifs is 1. The van der Waals surface area contributed by atoms with E-state index in [0.29, 0.717) is 4.88 Å². The van der Waals surface area contributed by atoms with Crippen LogP contribution < -0.4 is 9.46 Å². The number of aliphatic hydroxyl groups is 1. The Labute approximate surface area is 163 Å². The predicted octanol–water partition coefficient (Wildman–Crippen LogP) is 3.99. The van der Waals surface area contributed by atoms with Crippen molar-refractivity contribution < 1.29 is 31.4 Å². The highest BCUT2D eigenvalue weighted by Crippen LogP contribution is 2.34. The molecule has 1 heterocycles. The maximum Gasteiger partial charge on any atom is 0.573 e. The van der Waals surface area contributed by atoms with Gasteiger partial charge >= 0.3 is 6.36 Å². The Morgan fingerprint density at radius 3 is 2.43 bits per heavy atom.